The van der Waals surface area contributed by atoms with Gasteiger partial charge in [0, 0.05) is 41.3 Å². The first-order valence-electron chi connectivity index (χ1n) is 21.4. The SMILES string of the molecule is CCC(C)(C)c1ccc(OCCCCN=C(O)c2cc(Oc3ccc(N=Nc4c(S(=O)(=O)O)cc(O)c5c(N=C(C)O)cc(S(=O)(=O)O)cc45)cc3)c3ccccc3c2O)c(C(C)(C)CC)c1. The van der Waals surface area contributed by atoms with Crippen molar-refractivity contribution in [1.82, 2.24) is 0 Å². The Balaban J connectivity index is 1.22. The lowest BCUT2D eigenvalue weighted by molar-refractivity contribution is 0.297. The molecule has 0 atom stereocenters. The minimum absolute atomic E-state index is 0.0414. The summed E-state index contributed by atoms with van der Waals surface area (Å²) in [6.07, 6.45) is 3.23. The molecule has 6 rings (SSSR count). The minimum Gasteiger partial charge on any atom is -0.507 e. The summed E-state index contributed by atoms with van der Waals surface area (Å²) in [6.45, 7) is 15.2. The van der Waals surface area contributed by atoms with Crippen LogP contribution in [0.3, 0.4) is 0 Å². The van der Waals surface area contributed by atoms with Crippen LogP contribution >= 0.6 is 0 Å². The Labute approximate surface area is 389 Å². The molecule has 0 spiro atoms. The average Bonchev–Trinajstić information content (AvgIpc) is 3.27. The van der Waals surface area contributed by atoms with Gasteiger partial charge in [0.2, 0.25) is 5.90 Å². The summed E-state index contributed by atoms with van der Waals surface area (Å²) >= 11 is 0. The summed E-state index contributed by atoms with van der Waals surface area (Å²) in [4.78, 5) is 6.44. The number of benzene rings is 6. The van der Waals surface area contributed by atoms with Crippen molar-refractivity contribution in [2.75, 3.05) is 13.2 Å². The highest BCUT2D eigenvalue weighted by Gasteiger charge is 2.28. The summed E-state index contributed by atoms with van der Waals surface area (Å²) in [6, 6.07) is 23.1. The highest BCUT2D eigenvalue weighted by molar-refractivity contribution is 7.86. The molecular weight excluding hydrogens is 901 g/mol. The van der Waals surface area contributed by atoms with E-state index in [-0.39, 0.29) is 62.8 Å². The van der Waals surface area contributed by atoms with E-state index < -0.39 is 52.7 Å². The third kappa shape index (κ3) is 11.3. The largest absolute Gasteiger partial charge is 0.507 e. The number of hydrogen-bond donors (Lipinski definition) is 6. The zero-order valence-corrected chi connectivity index (χ0v) is 39.8. The van der Waals surface area contributed by atoms with Gasteiger partial charge in [0.1, 0.15) is 39.3 Å². The van der Waals surface area contributed by atoms with E-state index in [9.17, 15) is 46.4 Å². The summed E-state index contributed by atoms with van der Waals surface area (Å²) in [5, 5.41) is 51.4. The maximum atomic E-state index is 12.5. The third-order valence-corrected chi connectivity index (χ3v) is 13.5. The second-order valence-corrected chi connectivity index (χ2v) is 20.1. The van der Waals surface area contributed by atoms with Gasteiger partial charge in [0.25, 0.3) is 20.2 Å². The number of unbranched alkanes of at least 4 members (excludes halogenated alkanes) is 1. The Kier molecular flexibility index (Phi) is 14.7. The van der Waals surface area contributed by atoms with Crippen molar-refractivity contribution < 1.29 is 55.8 Å². The average molecular weight is 955 g/mol. The molecule has 0 heterocycles. The number of nitrogens with zero attached hydrogens (tertiary/aromatic N) is 4. The van der Waals surface area contributed by atoms with Crippen LogP contribution in [-0.2, 0) is 31.1 Å². The smallest absolute Gasteiger partial charge is 0.296 e. The van der Waals surface area contributed by atoms with E-state index in [2.05, 4.69) is 80.0 Å². The van der Waals surface area contributed by atoms with Gasteiger partial charge in [-0.25, -0.2) is 4.99 Å². The molecule has 0 saturated heterocycles. The number of phenolic OH excluding ortho intramolecular Hbond substituents is 2. The van der Waals surface area contributed by atoms with Gasteiger partial charge in [-0.05, 0) is 90.6 Å². The fourth-order valence-electron chi connectivity index (χ4n) is 7.23. The van der Waals surface area contributed by atoms with E-state index >= 15 is 0 Å². The molecule has 6 aromatic carbocycles. The molecule has 6 aromatic rings. The van der Waals surface area contributed by atoms with E-state index in [1.165, 1.54) is 41.5 Å². The zero-order chi connectivity index (χ0) is 49.1. The molecule has 67 heavy (non-hydrogen) atoms. The summed E-state index contributed by atoms with van der Waals surface area (Å²) in [5.41, 5.74) is 1.60. The van der Waals surface area contributed by atoms with Crippen molar-refractivity contribution in [3.63, 3.8) is 0 Å². The molecule has 6 N–H and O–H groups in total. The Hall–Kier alpha value is -6.60. The summed E-state index contributed by atoms with van der Waals surface area (Å²) in [7, 11) is -10.1. The predicted octanol–water partition coefficient (Wildman–Crippen LogP) is 12.3. The Bertz CT molecular complexity index is 3160. The lowest BCUT2D eigenvalue weighted by Gasteiger charge is -2.30. The number of aromatic hydroxyl groups is 2. The van der Waals surface area contributed by atoms with E-state index in [1.807, 2.05) is 0 Å². The highest BCUT2D eigenvalue weighted by Crippen LogP contribution is 2.46. The normalized spacial score (nSPS) is 13.2. The first-order chi connectivity index (χ1) is 31.4. The second kappa shape index (κ2) is 19.7. The maximum Gasteiger partial charge on any atom is 0.296 e. The number of aliphatic hydroxyl groups is 2. The van der Waals surface area contributed by atoms with Crippen LogP contribution in [0.15, 0.2) is 121 Å². The van der Waals surface area contributed by atoms with Gasteiger partial charge in [0.05, 0.1) is 33.8 Å². The molecule has 0 radical (unpaired) electrons. The van der Waals surface area contributed by atoms with Gasteiger partial charge < -0.3 is 29.9 Å². The van der Waals surface area contributed by atoms with Crippen LogP contribution in [0.25, 0.3) is 21.5 Å². The number of rotatable bonds is 18. The maximum absolute atomic E-state index is 12.5. The van der Waals surface area contributed by atoms with Crippen LogP contribution in [0.4, 0.5) is 17.1 Å². The number of aliphatic hydroxyl groups excluding tert-OH is 2. The molecule has 16 nitrogen and oxygen atoms in total. The molecule has 18 heteroatoms. The highest BCUT2D eigenvalue weighted by atomic mass is 32.2. The van der Waals surface area contributed by atoms with E-state index in [0.29, 0.717) is 36.3 Å². The summed E-state index contributed by atoms with van der Waals surface area (Å²) in [5.74, 6) is -0.501. The lowest BCUT2D eigenvalue weighted by atomic mass is 9.76. The Morgan fingerprint density at radius 3 is 2.01 bits per heavy atom. The topological polar surface area (TPSA) is 258 Å². The fourth-order valence-corrected chi connectivity index (χ4v) is 8.41. The molecular formula is C49H54N4O12S2. The first-order valence-corrected chi connectivity index (χ1v) is 24.3. The molecule has 0 aliphatic heterocycles. The standard InChI is InChI=1S/C49H54N4O12S2/c1-8-48(4,5)30-16-21-41(38(24-30)49(6,7)9-2)64-23-13-12-22-50-47(57)37-27-42(34-14-10-11-15-35(34)46(37)56)65-32-19-17-31(18-20-32)52-53-45-36-25-33(66(58,59)60)26-39(51-29(3)54)44(36)40(55)28-43(45)67(61,62)63/h10-11,14-21,24-28,55-56H,8-9,12-13,22-23H2,1-7H3,(H,50,57)(H,51,54)(H,58,59,60)(H,61,62,63). The summed E-state index contributed by atoms with van der Waals surface area (Å²) < 4.78 is 81.7. The number of azo groups is 1. The molecule has 0 saturated carbocycles. The zero-order valence-electron chi connectivity index (χ0n) is 38.1. The number of fused-ring (bicyclic) bond motifs is 2. The van der Waals surface area contributed by atoms with E-state index in [4.69, 9.17) is 9.47 Å². The first kappa shape index (κ1) is 49.8. The van der Waals surface area contributed by atoms with Gasteiger partial charge in [-0.2, -0.15) is 21.9 Å². The van der Waals surface area contributed by atoms with Gasteiger partial charge in [-0.1, -0.05) is 77.9 Å². The van der Waals surface area contributed by atoms with Crippen molar-refractivity contribution in [2.45, 2.75) is 94.8 Å². The fraction of sp³-hybridized carbons (Fsp3) is 0.306. The number of ether oxygens (including phenoxy) is 2. The van der Waals surface area contributed by atoms with Gasteiger partial charge in [0.15, 0.2) is 5.90 Å². The number of hydrogen-bond acceptors (Lipinski definition) is 12. The van der Waals surface area contributed by atoms with Gasteiger partial charge in [-0.3, -0.25) is 14.1 Å². The van der Waals surface area contributed by atoms with Crippen LogP contribution in [0.2, 0.25) is 0 Å². The molecule has 354 valence electrons. The molecule has 0 fully saturated rings. The molecule has 0 unspecified atom stereocenters. The number of phenols is 2. The van der Waals surface area contributed by atoms with Gasteiger partial charge >= 0.3 is 0 Å². The minimum atomic E-state index is -5.12. The molecule has 0 bridgehead atoms. The van der Waals surface area contributed by atoms with Crippen molar-refractivity contribution >= 4 is 70.6 Å². The van der Waals surface area contributed by atoms with Crippen molar-refractivity contribution in [1.29, 1.82) is 0 Å². The van der Waals surface area contributed by atoms with Crippen LogP contribution in [0.1, 0.15) is 90.8 Å². The molecule has 0 aliphatic rings. The van der Waals surface area contributed by atoms with Crippen molar-refractivity contribution in [3.8, 4) is 28.7 Å². The predicted molar refractivity (Wildman–Crippen MR) is 259 cm³/mol. The molecule has 0 aliphatic carbocycles. The van der Waals surface area contributed by atoms with Crippen LogP contribution in [0.5, 0.6) is 28.7 Å². The van der Waals surface area contributed by atoms with Crippen LogP contribution in [0, 0.1) is 0 Å². The molecule has 0 amide bonds. The van der Waals surface area contributed by atoms with Gasteiger partial charge in [-0.15, -0.1) is 5.11 Å². The van der Waals surface area contributed by atoms with Crippen molar-refractivity contribution in [2.24, 2.45) is 20.2 Å². The van der Waals surface area contributed by atoms with Crippen LogP contribution < -0.4 is 9.47 Å². The quantitative estimate of drug-likeness (QED) is 0.0155. The third-order valence-electron chi connectivity index (χ3n) is 11.8. The second-order valence-electron chi connectivity index (χ2n) is 17.3. The van der Waals surface area contributed by atoms with E-state index in [1.54, 1.807) is 24.3 Å². The monoisotopic (exact) mass is 954 g/mol. The molecule has 0 aromatic heterocycles. The lowest BCUT2D eigenvalue weighted by Crippen LogP contribution is -2.21. The number of aliphatic imine (C=N–C) groups is 2. The Morgan fingerprint density at radius 1 is 0.716 bits per heavy atom. The van der Waals surface area contributed by atoms with Crippen molar-refractivity contribution in [3.05, 3.63) is 108 Å². The van der Waals surface area contributed by atoms with Crippen LogP contribution in [-0.4, -0.2) is 71.3 Å². The van der Waals surface area contributed by atoms with E-state index in [0.717, 1.165) is 37.6 Å². The Morgan fingerprint density at radius 2 is 1.39 bits per heavy atom.